The van der Waals surface area contributed by atoms with Gasteiger partial charge in [0, 0.05) is 4.47 Å². The van der Waals surface area contributed by atoms with Crippen LogP contribution in [-0.2, 0) is 11.2 Å². The van der Waals surface area contributed by atoms with Gasteiger partial charge in [-0.05, 0) is 31.0 Å². The molecular formula is C11H12BrNO2. The molecule has 0 saturated carbocycles. The molecule has 1 heterocycles. The number of carbonyl (C=O) groups is 1. The molecule has 0 bridgehead atoms. The van der Waals surface area contributed by atoms with Gasteiger partial charge in [0.05, 0.1) is 5.69 Å². The van der Waals surface area contributed by atoms with Crippen molar-refractivity contribution < 1.29 is 9.53 Å². The Balaban J connectivity index is 2.51. The fraction of sp³-hybridized carbons (Fsp3) is 0.364. The van der Waals surface area contributed by atoms with E-state index < -0.39 is 6.10 Å². The SMILES string of the molecule is CCc1cc(Br)cc2c1OC(C)C(=O)N2. The number of halogens is 1. The summed E-state index contributed by atoms with van der Waals surface area (Å²) in [6.45, 7) is 3.81. The minimum Gasteiger partial charge on any atom is -0.478 e. The van der Waals surface area contributed by atoms with E-state index in [-0.39, 0.29) is 5.91 Å². The first-order valence-electron chi connectivity index (χ1n) is 4.91. The van der Waals surface area contributed by atoms with Gasteiger partial charge in [0.1, 0.15) is 5.75 Å². The van der Waals surface area contributed by atoms with E-state index in [0.717, 1.165) is 27.9 Å². The number of benzene rings is 1. The molecule has 1 aromatic rings. The normalized spacial score (nSPS) is 19.1. The van der Waals surface area contributed by atoms with Crippen LogP contribution in [0.3, 0.4) is 0 Å². The number of carbonyl (C=O) groups excluding carboxylic acids is 1. The number of hydrogen-bond donors (Lipinski definition) is 1. The fourth-order valence-corrected chi connectivity index (χ4v) is 2.11. The molecule has 80 valence electrons. The molecule has 1 aliphatic heterocycles. The van der Waals surface area contributed by atoms with Crippen molar-refractivity contribution in [3.63, 3.8) is 0 Å². The van der Waals surface area contributed by atoms with Crippen molar-refractivity contribution in [2.75, 3.05) is 5.32 Å². The standard InChI is InChI=1S/C11H12BrNO2/c1-3-7-4-8(12)5-9-10(7)15-6(2)11(14)13-9/h4-6H,3H2,1-2H3,(H,13,14). The highest BCUT2D eigenvalue weighted by Gasteiger charge is 2.25. The number of hydrogen-bond acceptors (Lipinski definition) is 2. The van der Waals surface area contributed by atoms with E-state index in [1.807, 2.05) is 12.1 Å². The van der Waals surface area contributed by atoms with Crippen molar-refractivity contribution in [1.29, 1.82) is 0 Å². The van der Waals surface area contributed by atoms with Crippen LogP contribution in [0.4, 0.5) is 5.69 Å². The maximum Gasteiger partial charge on any atom is 0.265 e. The third-order valence-corrected chi connectivity index (χ3v) is 2.89. The van der Waals surface area contributed by atoms with Crippen LogP contribution >= 0.6 is 15.9 Å². The zero-order valence-electron chi connectivity index (χ0n) is 8.63. The third-order valence-electron chi connectivity index (χ3n) is 2.43. The van der Waals surface area contributed by atoms with Crippen molar-refractivity contribution >= 4 is 27.5 Å². The molecule has 0 radical (unpaired) electrons. The Hall–Kier alpha value is -1.03. The molecule has 2 rings (SSSR count). The van der Waals surface area contributed by atoms with E-state index >= 15 is 0 Å². The molecule has 1 atom stereocenters. The first-order chi connectivity index (χ1) is 7.11. The number of aryl methyl sites for hydroxylation is 1. The number of ether oxygens (including phenoxy) is 1. The van der Waals surface area contributed by atoms with E-state index in [9.17, 15) is 4.79 Å². The summed E-state index contributed by atoms with van der Waals surface area (Å²) in [7, 11) is 0. The first-order valence-corrected chi connectivity index (χ1v) is 5.71. The van der Waals surface area contributed by atoms with E-state index in [0.29, 0.717) is 0 Å². The van der Waals surface area contributed by atoms with Crippen molar-refractivity contribution in [2.45, 2.75) is 26.4 Å². The van der Waals surface area contributed by atoms with Crippen LogP contribution in [-0.4, -0.2) is 12.0 Å². The molecular weight excluding hydrogens is 258 g/mol. The smallest absolute Gasteiger partial charge is 0.265 e. The summed E-state index contributed by atoms with van der Waals surface area (Å²) in [5, 5.41) is 2.83. The summed E-state index contributed by atoms with van der Waals surface area (Å²) in [4.78, 5) is 11.4. The van der Waals surface area contributed by atoms with Gasteiger partial charge in [0.2, 0.25) is 0 Å². The zero-order chi connectivity index (χ0) is 11.0. The predicted molar refractivity (Wildman–Crippen MR) is 62.2 cm³/mol. The lowest BCUT2D eigenvalue weighted by molar-refractivity contribution is -0.122. The first kappa shape index (κ1) is 10.5. The second-order valence-electron chi connectivity index (χ2n) is 3.54. The van der Waals surface area contributed by atoms with Gasteiger partial charge in [-0.15, -0.1) is 0 Å². The molecule has 0 spiro atoms. The zero-order valence-corrected chi connectivity index (χ0v) is 10.2. The van der Waals surface area contributed by atoms with Crippen LogP contribution in [0.1, 0.15) is 19.4 Å². The Labute approximate surface area is 96.9 Å². The van der Waals surface area contributed by atoms with Gasteiger partial charge in [0.15, 0.2) is 6.10 Å². The molecule has 0 aliphatic carbocycles. The molecule has 3 nitrogen and oxygen atoms in total. The molecule has 0 aromatic heterocycles. The van der Waals surface area contributed by atoms with Gasteiger partial charge < -0.3 is 10.1 Å². The summed E-state index contributed by atoms with van der Waals surface area (Å²) >= 11 is 3.41. The molecule has 0 saturated heterocycles. The van der Waals surface area contributed by atoms with Gasteiger partial charge in [0.25, 0.3) is 5.91 Å². The summed E-state index contributed by atoms with van der Waals surface area (Å²) in [6, 6.07) is 3.88. The lowest BCUT2D eigenvalue weighted by Gasteiger charge is -2.25. The maximum atomic E-state index is 11.4. The van der Waals surface area contributed by atoms with Crippen LogP contribution in [0.25, 0.3) is 0 Å². The number of rotatable bonds is 1. The topological polar surface area (TPSA) is 38.3 Å². The van der Waals surface area contributed by atoms with E-state index in [1.165, 1.54) is 0 Å². The van der Waals surface area contributed by atoms with Gasteiger partial charge in [-0.1, -0.05) is 22.9 Å². The van der Waals surface area contributed by atoms with Gasteiger partial charge in [-0.2, -0.15) is 0 Å². The van der Waals surface area contributed by atoms with Crippen LogP contribution < -0.4 is 10.1 Å². The van der Waals surface area contributed by atoms with Crippen LogP contribution in [0.2, 0.25) is 0 Å². The highest BCUT2D eigenvalue weighted by atomic mass is 79.9. The van der Waals surface area contributed by atoms with Crippen LogP contribution in [0.5, 0.6) is 5.75 Å². The van der Waals surface area contributed by atoms with Crippen molar-refractivity contribution in [3.05, 3.63) is 22.2 Å². The number of fused-ring (bicyclic) bond motifs is 1. The van der Waals surface area contributed by atoms with Gasteiger partial charge >= 0.3 is 0 Å². The lowest BCUT2D eigenvalue weighted by Crippen LogP contribution is -2.34. The lowest BCUT2D eigenvalue weighted by atomic mass is 10.1. The van der Waals surface area contributed by atoms with Crippen molar-refractivity contribution in [2.24, 2.45) is 0 Å². The molecule has 1 N–H and O–H groups in total. The Morgan fingerprint density at radius 1 is 1.53 bits per heavy atom. The van der Waals surface area contributed by atoms with Gasteiger partial charge in [-0.3, -0.25) is 4.79 Å². The maximum absolute atomic E-state index is 11.4. The second kappa shape index (κ2) is 3.85. The molecule has 1 aromatic carbocycles. The third kappa shape index (κ3) is 1.86. The van der Waals surface area contributed by atoms with E-state index in [1.54, 1.807) is 6.92 Å². The Bertz CT molecular complexity index is 417. The average molecular weight is 270 g/mol. The van der Waals surface area contributed by atoms with Gasteiger partial charge in [-0.25, -0.2) is 0 Å². The molecule has 15 heavy (non-hydrogen) atoms. The minimum atomic E-state index is -0.413. The molecule has 1 amide bonds. The highest BCUT2D eigenvalue weighted by molar-refractivity contribution is 9.10. The second-order valence-corrected chi connectivity index (χ2v) is 4.46. The Morgan fingerprint density at radius 3 is 2.93 bits per heavy atom. The summed E-state index contributed by atoms with van der Waals surface area (Å²) in [5.41, 5.74) is 1.86. The Morgan fingerprint density at radius 2 is 2.27 bits per heavy atom. The van der Waals surface area contributed by atoms with E-state index in [4.69, 9.17) is 4.74 Å². The molecule has 0 fully saturated rings. The summed E-state index contributed by atoms with van der Waals surface area (Å²) in [6.07, 6.45) is 0.466. The van der Waals surface area contributed by atoms with E-state index in [2.05, 4.69) is 28.2 Å². The average Bonchev–Trinajstić information content (AvgIpc) is 2.19. The van der Waals surface area contributed by atoms with Crippen molar-refractivity contribution in [1.82, 2.24) is 0 Å². The highest BCUT2D eigenvalue weighted by Crippen LogP contribution is 2.36. The number of anilines is 1. The minimum absolute atomic E-state index is 0.0948. The monoisotopic (exact) mass is 269 g/mol. The van der Waals surface area contributed by atoms with Crippen LogP contribution in [0, 0.1) is 0 Å². The molecule has 4 heteroatoms. The van der Waals surface area contributed by atoms with Crippen molar-refractivity contribution in [3.8, 4) is 5.75 Å². The number of nitrogens with one attached hydrogen (secondary N) is 1. The Kier molecular flexibility index (Phi) is 2.69. The molecule has 1 unspecified atom stereocenters. The molecule has 1 aliphatic rings. The van der Waals surface area contributed by atoms with Crippen LogP contribution in [0.15, 0.2) is 16.6 Å². The fourth-order valence-electron chi connectivity index (χ4n) is 1.61. The largest absolute Gasteiger partial charge is 0.478 e. The quantitative estimate of drug-likeness (QED) is 0.852. The number of amides is 1. The summed E-state index contributed by atoms with van der Waals surface area (Å²) in [5.74, 6) is 0.704. The predicted octanol–water partition coefficient (Wildman–Crippen LogP) is 2.73. The summed E-state index contributed by atoms with van der Waals surface area (Å²) < 4.78 is 6.54.